The Balaban J connectivity index is 2.01. The SMILES string of the molecule is O=C(Nc1ccc(Cl)cc1[N+](=O)[O-])OCc1ccccc1. The first kappa shape index (κ1) is 14.8. The third-order valence-corrected chi connectivity index (χ3v) is 2.84. The van der Waals surface area contributed by atoms with Gasteiger partial charge in [-0.25, -0.2) is 4.79 Å². The van der Waals surface area contributed by atoms with Gasteiger partial charge in [0.25, 0.3) is 5.69 Å². The number of benzene rings is 2. The van der Waals surface area contributed by atoms with Crippen LogP contribution in [-0.4, -0.2) is 11.0 Å². The second-order valence-electron chi connectivity index (χ2n) is 4.11. The summed E-state index contributed by atoms with van der Waals surface area (Å²) in [7, 11) is 0. The summed E-state index contributed by atoms with van der Waals surface area (Å²) < 4.78 is 4.99. The number of nitrogens with zero attached hydrogens (tertiary/aromatic N) is 1. The number of ether oxygens (including phenoxy) is 1. The number of carbonyl (C=O) groups excluding carboxylic acids is 1. The van der Waals surface area contributed by atoms with Crippen LogP contribution in [0.4, 0.5) is 16.2 Å². The van der Waals surface area contributed by atoms with Crippen molar-refractivity contribution in [2.24, 2.45) is 0 Å². The van der Waals surface area contributed by atoms with E-state index in [2.05, 4.69) is 5.32 Å². The molecule has 0 fully saturated rings. The monoisotopic (exact) mass is 306 g/mol. The average Bonchev–Trinajstić information content (AvgIpc) is 2.48. The highest BCUT2D eigenvalue weighted by Gasteiger charge is 2.16. The number of hydrogen-bond donors (Lipinski definition) is 1. The van der Waals surface area contributed by atoms with Gasteiger partial charge < -0.3 is 4.74 Å². The third-order valence-electron chi connectivity index (χ3n) is 2.61. The average molecular weight is 307 g/mol. The van der Waals surface area contributed by atoms with Crippen LogP contribution >= 0.6 is 11.6 Å². The maximum Gasteiger partial charge on any atom is 0.412 e. The van der Waals surface area contributed by atoms with Crippen LogP contribution in [0.5, 0.6) is 0 Å². The zero-order valence-electron chi connectivity index (χ0n) is 10.8. The Morgan fingerprint density at radius 3 is 2.62 bits per heavy atom. The molecule has 0 aliphatic rings. The summed E-state index contributed by atoms with van der Waals surface area (Å²) >= 11 is 5.69. The summed E-state index contributed by atoms with van der Waals surface area (Å²) in [4.78, 5) is 21.9. The number of nitrogens with one attached hydrogen (secondary N) is 1. The molecule has 2 rings (SSSR count). The van der Waals surface area contributed by atoms with Gasteiger partial charge in [-0.05, 0) is 17.7 Å². The Morgan fingerprint density at radius 2 is 1.95 bits per heavy atom. The predicted molar refractivity (Wildman–Crippen MR) is 78.4 cm³/mol. The molecule has 0 radical (unpaired) electrons. The zero-order chi connectivity index (χ0) is 15.2. The lowest BCUT2D eigenvalue weighted by Crippen LogP contribution is -2.14. The number of hydrogen-bond acceptors (Lipinski definition) is 4. The van der Waals surface area contributed by atoms with Crippen LogP contribution in [0.25, 0.3) is 0 Å². The van der Waals surface area contributed by atoms with Gasteiger partial charge in [-0.2, -0.15) is 0 Å². The van der Waals surface area contributed by atoms with Crippen LogP contribution in [0.1, 0.15) is 5.56 Å². The third kappa shape index (κ3) is 4.19. The van der Waals surface area contributed by atoms with E-state index in [-0.39, 0.29) is 23.0 Å². The van der Waals surface area contributed by atoms with Crippen molar-refractivity contribution in [1.82, 2.24) is 0 Å². The lowest BCUT2D eigenvalue weighted by atomic mass is 10.2. The maximum absolute atomic E-state index is 11.7. The van der Waals surface area contributed by atoms with Gasteiger partial charge in [-0.15, -0.1) is 0 Å². The van der Waals surface area contributed by atoms with Crippen molar-refractivity contribution in [2.45, 2.75) is 6.61 Å². The fraction of sp³-hybridized carbons (Fsp3) is 0.0714. The molecule has 6 nitrogen and oxygen atoms in total. The molecular weight excluding hydrogens is 296 g/mol. The summed E-state index contributed by atoms with van der Waals surface area (Å²) in [6.07, 6.45) is -0.774. The van der Waals surface area contributed by atoms with E-state index in [1.165, 1.54) is 12.1 Å². The van der Waals surface area contributed by atoms with Crippen molar-refractivity contribution in [1.29, 1.82) is 0 Å². The number of amides is 1. The van der Waals surface area contributed by atoms with Crippen LogP contribution in [0.15, 0.2) is 48.5 Å². The first-order valence-corrected chi connectivity index (χ1v) is 6.35. The number of anilines is 1. The molecule has 108 valence electrons. The topological polar surface area (TPSA) is 81.5 Å². The molecule has 0 aromatic heterocycles. The highest BCUT2D eigenvalue weighted by Crippen LogP contribution is 2.27. The smallest absolute Gasteiger partial charge is 0.412 e. The van der Waals surface area contributed by atoms with Crippen molar-refractivity contribution in [3.63, 3.8) is 0 Å². The van der Waals surface area contributed by atoms with E-state index in [9.17, 15) is 14.9 Å². The molecule has 0 heterocycles. The molecule has 0 bridgehead atoms. The minimum Gasteiger partial charge on any atom is -0.444 e. The molecule has 0 atom stereocenters. The van der Waals surface area contributed by atoms with Crippen LogP contribution < -0.4 is 5.32 Å². The van der Waals surface area contributed by atoms with Crippen LogP contribution in [0, 0.1) is 10.1 Å². The quantitative estimate of drug-likeness (QED) is 0.684. The molecule has 0 spiro atoms. The van der Waals surface area contributed by atoms with Gasteiger partial charge in [0.1, 0.15) is 12.3 Å². The van der Waals surface area contributed by atoms with Crippen molar-refractivity contribution in [3.8, 4) is 0 Å². The zero-order valence-corrected chi connectivity index (χ0v) is 11.5. The van der Waals surface area contributed by atoms with E-state index in [0.29, 0.717) is 0 Å². The molecule has 7 heteroatoms. The minimum absolute atomic E-state index is 0.0301. The van der Waals surface area contributed by atoms with Crippen LogP contribution in [0.3, 0.4) is 0 Å². The molecule has 0 saturated carbocycles. The summed E-state index contributed by atoms with van der Waals surface area (Å²) in [5, 5.41) is 13.4. The molecular formula is C14H11ClN2O4. The van der Waals surface area contributed by atoms with Crippen molar-refractivity contribution < 1.29 is 14.5 Å². The number of carbonyl (C=O) groups is 1. The number of nitro groups is 1. The standard InChI is InChI=1S/C14H11ClN2O4/c15-11-6-7-12(13(8-11)17(19)20)16-14(18)21-9-10-4-2-1-3-5-10/h1-8H,9H2,(H,16,18). The van der Waals surface area contributed by atoms with E-state index < -0.39 is 11.0 Å². The fourth-order valence-corrected chi connectivity index (χ4v) is 1.80. The van der Waals surface area contributed by atoms with Gasteiger partial charge in [0.2, 0.25) is 0 Å². The van der Waals surface area contributed by atoms with Crippen molar-refractivity contribution in [3.05, 3.63) is 69.2 Å². The van der Waals surface area contributed by atoms with E-state index in [1.807, 2.05) is 18.2 Å². The van der Waals surface area contributed by atoms with Gasteiger partial charge in [-0.3, -0.25) is 15.4 Å². The molecule has 0 aliphatic heterocycles. The van der Waals surface area contributed by atoms with E-state index in [1.54, 1.807) is 12.1 Å². The maximum atomic E-state index is 11.7. The molecule has 1 N–H and O–H groups in total. The molecule has 2 aromatic rings. The van der Waals surface area contributed by atoms with Gasteiger partial charge in [0.15, 0.2) is 0 Å². The van der Waals surface area contributed by atoms with Gasteiger partial charge in [0, 0.05) is 11.1 Å². The minimum atomic E-state index is -0.774. The normalized spacial score (nSPS) is 9.95. The molecule has 2 aromatic carbocycles. The second kappa shape index (κ2) is 6.71. The summed E-state index contributed by atoms with van der Waals surface area (Å²) in [5.41, 5.74) is 0.555. The highest BCUT2D eigenvalue weighted by molar-refractivity contribution is 6.31. The lowest BCUT2D eigenvalue weighted by molar-refractivity contribution is -0.383. The molecule has 1 amide bonds. The number of nitro benzene ring substituents is 1. The lowest BCUT2D eigenvalue weighted by Gasteiger charge is -2.07. The Labute approximate surface area is 125 Å². The Bertz CT molecular complexity index is 661. The van der Waals surface area contributed by atoms with Gasteiger partial charge in [-0.1, -0.05) is 41.9 Å². The summed E-state index contributed by atoms with van der Waals surface area (Å²) in [6, 6.07) is 13.1. The Morgan fingerprint density at radius 1 is 1.24 bits per heavy atom. The Hall–Kier alpha value is -2.60. The summed E-state index contributed by atoms with van der Waals surface area (Å²) in [5.74, 6) is 0. The van der Waals surface area contributed by atoms with Gasteiger partial charge in [0.05, 0.1) is 4.92 Å². The first-order valence-electron chi connectivity index (χ1n) is 5.98. The summed E-state index contributed by atoms with van der Waals surface area (Å²) in [6.45, 7) is 0.0774. The van der Waals surface area contributed by atoms with Gasteiger partial charge >= 0.3 is 6.09 Å². The van der Waals surface area contributed by atoms with Crippen molar-refractivity contribution >= 4 is 29.1 Å². The van der Waals surface area contributed by atoms with E-state index in [4.69, 9.17) is 16.3 Å². The Kier molecular flexibility index (Phi) is 4.73. The molecule has 0 aliphatic carbocycles. The first-order chi connectivity index (χ1) is 10.1. The molecule has 0 unspecified atom stereocenters. The van der Waals surface area contributed by atoms with E-state index >= 15 is 0 Å². The molecule has 0 saturated heterocycles. The largest absolute Gasteiger partial charge is 0.444 e. The number of halogens is 1. The number of rotatable bonds is 4. The predicted octanol–water partition coefficient (Wildman–Crippen LogP) is 4.00. The van der Waals surface area contributed by atoms with Crippen LogP contribution in [-0.2, 0) is 11.3 Å². The van der Waals surface area contributed by atoms with Crippen LogP contribution in [0.2, 0.25) is 5.02 Å². The highest BCUT2D eigenvalue weighted by atomic mass is 35.5. The molecule has 21 heavy (non-hydrogen) atoms. The second-order valence-corrected chi connectivity index (χ2v) is 4.54. The van der Waals surface area contributed by atoms with E-state index in [0.717, 1.165) is 11.6 Å². The van der Waals surface area contributed by atoms with Crippen molar-refractivity contribution in [2.75, 3.05) is 5.32 Å². The fourth-order valence-electron chi connectivity index (χ4n) is 1.63.